The molecule has 0 aromatic carbocycles. The van der Waals surface area contributed by atoms with Gasteiger partial charge in [-0.25, -0.2) is 9.78 Å². The molecule has 1 rings (SSSR count). The highest BCUT2D eigenvalue weighted by molar-refractivity contribution is 9.10. The number of rotatable bonds is 5. The van der Waals surface area contributed by atoms with Gasteiger partial charge in [-0.2, -0.15) is 0 Å². The standard InChI is InChI=1S/C11H14BrNO2/c1-2-3-4-7-15-11(14)9-5-6-13-10(12)8-9/h5-6,8H,2-4,7H2,1H3. The van der Waals surface area contributed by atoms with Gasteiger partial charge in [-0.15, -0.1) is 0 Å². The first-order valence-corrected chi connectivity index (χ1v) is 5.82. The van der Waals surface area contributed by atoms with Crippen LogP contribution >= 0.6 is 15.9 Å². The fraction of sp³-hybridized carbons (Fsp3) is 0.455. The molecule has 0 atom stereocenters. The first kappa shape index (κ1) is 12.2. The summed E-state index contributed by atoms with van der Waals surface area (Å²) in [5.41, 5.74) is 0.536. The summed E-state index contributed by atoms with van der Waals surface area (Å²) in [5, 5.41) is 0. The zero-order valence-electron chi connectivity index (χ0n) is 8.70. The summed E-state index contributed by atoms with van der Waals surface area (Å²) in [4.78, 5) is 15.4. The smallest absolute Gasteiger partial charge is 0.338 e. The zero-order chi connectivity index (χ0) is 11.1. The molecule has 0 radical (unpaired) electrons. The predicted molar refractivity (Wildman–Crippen MR) is 61.7 cm³/mol. The maximum atomic E-state index is 11.5. The minimum atomic E-state index is -0.283. The second kappa shape index (κ2) is 6.56. The average molecular weight is 272 g/mol. The molecule has 0 fully saturated rings. The molecule has 0 spiro atoms. The van der Waals surface area contributed by atoms with Crippen molar-refractivity contribution < 1.29 is 9.53 Å². The van der Waals surface area contributed by atoms with Gasteiger partial charge in [0.25, 0.3) is 0 Å². The number of carbonyl (C=O) groups is 1. The predicted octanol–water partition coefficient (Wildman–Crippen LogP) is 3.19. The minimum absolute atomic E-state index is 0.283. The molecule has 4 heteroatoms. The highest BCUT2D eigenvalue weighted by atomic mass is 79.9. The first-order valence-electron chi connectivity index (χ1n) is 5.02. The van der Waals surface area contributed by atoms with E-state index in [1.165, 1.54) is 0 Å². The third kappa shape index (κ3) is 4.42. The lowest BCUT2D eigenvalue weighted by Crippen LogP contribution is -2.06. The summed E-state index contributed by atoms with van der Waals surface area (Å²) < 4.78 is 5.74. The first-order chi connectivity index (χ1) is 7.24. The maximum absolute atomic E-state index is 11.5. The van der Waals surface area contributed by atoms with Crippen molar-refractivity contribution in [3.05, 3.63) is 28.5 Å². The summed E-state index contributed by atoms with van der Waals surface area (Å²) in [6.07, 6.45) is 4.72. The molecule has 0 aliphatic carbocycles. The SMILES string of the molecule is CCCCCOC(=O)c1ccnc(Br)c1. The topological polar surface area (TPSA) is 39.2 Å². The Bertz CT molecular complexity index is 328. The number of unbranched alkanes of at least 4 members (excludes halogenated alkanes) is 2. The molecule has 15 heavy (non-hydrogen) atoms. The molecule has 0 saturated heterocycles. The normalized spacial score (nSPS) is 10.0. The van der Waals surface area contributed by atoms with Gasteiger partial charge < -0.3 is 4.74 Å². The van der Waals surface area contributed by atoms with Crippen LogP contribution in [0.25, 0.3) is 0 Å². The van der Waals surface area contributed by atoms with E-state index in [2.05, 4.69) is 27.8 Å². The van der Waals surface area contributed by atoms with E-state index < -0.39 is 0 Å². The number of hydrogen-bond acceptors (Lipinski definition) is 3. The molecule has 0 N–H and O–H groups in total. The van der Waals surface area contributed by atoms with E-state index in [0.29, 0.717) is 16.8 Å². The molecule has 0 saturated carbocycles. The van der Waals surface area contributed by atoms with Gasteiger partial charge in [0.2, 0.25) is 0 Å². The fourth-order valence-electron chi connectivity index (χ4n) is 1.13. The number of esters is 1. The Balaban J connectivity index is 2.40. The summed E-state index contributed by atoms with van der Waals surface area (Å²) in [6.45, 7) is 2.61. The minimum Gasteiger partial charge on any atom is -0.462 e. The Hall–Kier alpha value is -0.900. The van der Waals surface area contributed by atoms with Crippen LogP contribution in [0.4, 0.5) is 0 Å². The van der Waals surface area contributed by atoms with Gasteiger partial charge in [-0.3, -0.25) is 0 Å². The van der Waals surface area contributed by atoms with Crippen LogP contribution in [0.15, 0.2) is 22.9 Å². The summed E-state index contributed by atoms with van der Waals surface area (Å²) >= 11 is 3.20. The lowest BCUT2D eigenvalue weighted by molar-refractivity contribution is 0.0498. The molecular formula is C11H14BrNO2. The third-order valence-electron chi connectivity index (χ3n) is 1.94. The Kier molecular flexibility index (Phi) is 5.32. The number of pyridine rings is 1. The van der Waals surface area contributed by atoms with Crippen molar-refractivity contribution >= 4 is 21.9 Å². The Labute approximate surface area is 98.0 Å². The molecule has 0 aliphatic rings. The Morgan fingerprint density at radius 3 is 3.00 bits per heavy atom. The van der Waals surface area contributed by atoms with Crippen molar-refractivity contribution in [3.8, 4) is 0 Å². The Morgan fingerprint density at radius 2 is 2.33 bits per heavy atom. The van der Waals surface area contributed by atoms with Crippen LogP contribution < -0.4 is 0 Å². The van der Waals surface area contributed by atoms with Crippen LogP contribution in [0, 0.1) is 0 Å². The highest BCUT2D eigenvalue weighted by Crippen LogP contribution is 2.09. The number of hydrogen-bond donors (Lipinski definition) is 0. The Morgan fingerprint density at radius 1 is 1.53 bits per heavy atom. The molecule has 1 heterocycles. The summed E-state index contributed by atoms with van der Waals surface area (Å²) in [5.74, 6) is -0.283. The number of carbonyl (C=O) groups excluding carboxylic acids is 1. The molecule has 0 aliphatic heterocycles. The van der Waals surface area contributed by atoms with Crippen LogP contribution in [0.5, 0.6) is 0 Å². The van der Waals surface area contributed by atoms with E-state index >= 15 is 0 Å². The van der Waals surface area contributed by atoms with E-state index in [1.54, 1.807) is 18.3 Å². The van der Waals surface area contributed by atoms with E-state index in [0.717, 1.165) is 19.3 Å². The van der Waals surface area contributed by atoms with Gasteiger partial charge in [0.05, 0.1) is 12.2 Å². The van der Waals surface area contributed by atoms with Gasteiger partial charge in [0.1, 0.15) is 4.60 Å². The van der Waals surface area contributed by atoms with Crippen LogP contribution in [-0.4, -0.2) is 17.6 Å². The second-order valence-electron chi connectivity index (χ2n) is 3.21. The van der Waals surface area contributed by atoms with Gasteiger partial charge in [-0.1, -0.05) is 19.8 Å². The largest absolute Gasteiger partial charge is 0.462 e. The van der Waals surface area contributed by atoms with Crippen molar-refractivity contribution in [1.29, 1.82) is 0 Å². The second-order valence-corrected chi connectivity index (χ2v) is 4.02. The van der Waals surface area contributed by atoms with Crippen LogP contribution in [0.3, 0.4) is 0 Å². The maximum Gasteiger partial charge on any atom is 0.338 e. The fourth-order valence-corrected chi connectivity index (χ4v) is 1.49. The molecule has 1 aromatic heterocycles. The summed E-state index contributed by atoms with van der Waals surface area (Å²) in [7, 11) is 0. The molecule has 0 amide bonds. The number of ether oxygens (including phenoxy) is 1. The monoisotopic (exact) mass is 271 g/mol. The van der Waals surface area contributed by atoms with Gasteiger partial charge in [-0.05, 0) is 34.5 Å². The number of halogens is 1. The number of nitrogens with zero attached hydrogens (tertiary/aromatic N) is 1. The van der Waals surface area contributed by atoms with E-state index in [1.807, 2.05) is 0 Å². The third-order valence-corrected chi connectivity index (χ3v) is 2.38. The molecule has 0 unspecified atom stereocenters. The van der Waals surface area contributed by atoms with E-state index in [9.17, 15) is 4.79 Å². The lowest BCUT2D eigenvalue weighted by Gasteiger charge is -2.03. The van der Waals surface area contributed by atoms with E-state index in [4.69, 9.17) is 4.74 Å². The summed E-state index contributed by atoms with van der Waals surface area (Å²) in [6, 6.07) is 3.30. The molecule has 3 nitrogen and oxygen atoms in total. The van der Waals surface area contributed by atoms with Crippen molar-refractivity contribution in [2.24, 2.45) is 0 Å². The van der Waals surface area contributed by atoms with Crippen molar-refractivity contribution in [2.75, 3.05) is 6.61 Å². The average Bonchev–Trinajstić information content (AvgIpc) is 2.24. The van der Waals surface area contributed by atoms with Gasteiger partial charge in [0, 0.05) is 6.20 Å². The quantitative estimate of drug-likeness (QED) is 0.469. The van der Waals surface area contributed by atoms with Crippen molar-refractivity contribution in [3.63, 3.8) is 0 Å². The van der Waals surface area contributed by atoms with Crippen LogP contribution in [0.1, 0.15) is 36.5 Å². The van der Waals surface area contributed by atoms with E-state index in [-0.39, 0.29) is 5.97 Å². The molecule has 1 aromatic rings. The van der Waals surface area contributed by atoms with Crippen molar-refractivity contribution in [2.45, 2.75) is 26.2 Å². The van der Waals surface area contributed by atoms with Crippen LogP contribution in [-0.2, 0) is 4.74 Å². The number of aromatic nitrogens is 1. The lowest BCUT2D eigenvalue weighted by atomic mass is 10.2. The van der Waals surface area contributed by atoms with Gasteiger partial charge >= 0.3 is 5.97 Å². The molecule has 0 bridgehead atoms. The molecular weight excluding hydrogens is 258 g/mol. The van der Waals surface area contributed by atoms with Crippen molar-refractivity contribution in [1.82, 2.24) is 4.98 Å². The highest BCUT2D eigenvalue weighted by Gasteiger charge is 2.06. The molecule has 82 valence electrons. The zero-order valence-corrected chi connectivity index (χ0v) is 10.3. The van der Waals surface area contributed by atoms with Gasteiger partial charge in [0.15, 0.2) is 0 Å². The van der Waals surface area contributed by atoms with Crippen LogP contribution in [0.2, 0.25) is 0 Å².